The summed E-state index contributed by atoms with van der Waals surface area (Å²) in [6.45, 7) is 5.34. The van der Waals surface area contributed by atoms with E-state index in [9.17, 15) is 4.79 Å². The zero-order chi connectivity index (χ0) is 14.2. The molecule has 3 rings (SSSR count). The Balaban J connectivity index is 1.85. The molecule has 0 saturated carbocycles. The molecule has 0 aliphatic carbocycles. The van der Waals surface area contributed by atoms with E-state index in [2.05, 4.69) is 18.8 Å². The topological polar surface area (TPSA) is 44.1 Å². The fourth-order valence-corrected chi connectivity index (χ4v) is 2.56. The van der Waals surface area contributed by atoms with Gasteiger partial charge in [0.1, 0.15) is 12.4 Å². The van der Waals surface area contributed by atoms with Crippen molar-refractivity contribution in [3.8, 4) is 5.75 Å². The molecule has 0 radical (unpaired) electrons. The molecule has 0 N–H and O–H groups in total. The van der Waals surface area contributed by atoms with E-state index >= 15 is 0 Å². The first-order valence-corrected chi connectivity index (χ1v) is 6.85. The summed E-state index contributed by atoms with van der Waals surface area (Å²) in [6.07, 6.45) is 2.50. The number of nitrogens with zero attached hydrogens (tertiary/aromatic N) is 2. The van der Waals surface area contributed by atoms with Crippen LogP contribution in [0.3, 0.4) is 0 Å². The molecule has 4 nitrogen and oxygen atoms in total. The Morgan fingerprint density at radius 1 is 1.30 bits per heavy atom. The van der Waals surface area contributed by atoms with Gasteiger partial charge in [-0.1, -0.05) is 44.2 Å². The van der Waals surface area contributed by atoms with Crippen LogP contribution in [0.5, 0.6) is 5.75 Å². The summed E-state index contributed by atoms with van der Waals surface area (Å²) in [5.74, 6) is 1.19. The zero-order valence-electron chi connectivity index (χ0n) is 11.8. The fourth-order valence-electron chi connectivity index (χ4n) is 2.56. The molecule has 0 amide bonds. The smallest absolute Gasteiger partial charge is 0.295 e. The highest BCUT2D eigenvalue weighted by Crippen LogP contribution is 2.31. The van der Waals surface area contributed by atoms with Crippen molar-refractivity contribution in [2.45, 2.75) is 38.8 Å². The minimum atomic E-state index is -0.0727. The molecule has 0 fully saturated rings. The van der Waals surface area contributed by atoms with Gasteiger partial charge in [0.25, 0.3) is 5.56 Å². The molecule has 4 heteroatoms. The van der Waals surface area contributed by atoms with Crippen molar-refractivity contribution in [1.82, 2.24) is 9.55 Å². The van der Waals surface area contributed by atoms with E-state index in [0.29, 0.717) is 12.4 Å². The summed E-state index contributed by atoms with van der Waals surface area (Å²) < 4.78 is 7.36. The van der Waals surface area contributed by atoms with Gasteiger partial charge < -0.3 is 4.74 Å². The molecule has 0 saturated heterocycles. The Bertz CT molecular complexity index is 675. The van der Waals surface area contributed by atoms with Crippen molar-refractivity contribution in [1.29, 1.82) is 0 Å². The van der Waals surface area contributed by atoms with E-state index in [1.54, 1.807) is 10.8 Å². The highest BCUT2D eigenvalue weighted by molar-refractivity contribution is 5.21. The minimum Gasteiger partial charge on any atom is -0.482 e. The van der Waals surface area contributed by atoms with Crippen LogP contribution in [0.2, 0.25) is 0 Å². The first kappa shape index (κ1) is 12.9. The van der Waals surface area contributed by atoms with E-state index in [4.69, 9.17) is 4.74 Å². The van der Waals surface area contributed by atoms with E-state index in [1.165, 1.54) is 0 Å². The largest absolute Gasteiger partial charge is 0.482 e. The lowest BCUT2D eigenvalue weighted by molar-refractivity contribution is 0.297. The molecule has 1 aliphatic rings. The van der Waals surface area contributed by atoms with Crippen LogP contribution in [0.1, 0.15) is 31.7 Å². The minimum absolute atomic E-state index is 0.0306. The SMILES string of the molecule is CC1(C)CCn2c1ncc(OCc1ccccc1)c2=O. The molecule has 2 aromatic rings. The average molecular weight is 270 g/mol. The zero-order valence-corrected chi connectivity index (χ0v) is 11.8. The predicted molar refractivity (Wildman–Crippen MR) is 76.9 cm³/mol. The van der Waals surface area contributed by atoms with E-state index in [1.807, 2.05) is 30.3 Å². The maximum absolute atomic E-state index is 12.4. The van der Waals surface area contributed by atoms with Crippen molar-refractivity contribution in [3.05, 3.63) is 58.3 Å². The van der Waals surface area contributed by atoms with Crippen LogP contribution in [-0.2, 0) is 18.6 Å². The standard InChI is InChI=1S/C16H18N2O2/c1-16(2)8-9-18-14(19)13(10-17-15(16)18)20-11-12-6-4-3-5-7-12/h3-7,10H,8-9,11H2,1-2H3. The number of benzene rings is 1. The van der Waals surface area contributed by atoms with Crippen molar-refractivity contribution in [2.24, 2.45) is 0 Å². The number of aromatic nitrogens is 2. The van der Waals surface area contributed by atoms with E-state index in [0.717, 1.165) is 24.4 Å². The molecule has 104 valence electrons. The molecule has 1 aromatic heterocycles. The van der Waals surface area contributed by atoms with Crippen molar-refractivity contribution in [2.75, 3.05) is 0 Å². The highest BCUT2D eigenvalue weighted by Gasteiger charge is 2.32. The Kier molecular flexibility index (Phi) is 3.08. The summed E-state index contributed by atoms with van der Waals surface area (Å²) in [4.78, 5) is 16.8. The second kappa shape index (κ2) is 4.78. The summed E-state index contributed by atoms with van der Waals surface area (Å²) in [5, 5.41) is 0. The molecule has 0 unspecified atom stereocenters. The first-order valence-electron chi connectivity index (χ1n) is 6.85. The summed E-state index contributed by atoms with van der Waals surface area (Å²) in [7, 11) is 0. The molecule has 2 heterocycles. The van der Waals surface area contributed by atoms with Gasteiger partial charge >= 0.3 is 0 Å². The molecular weight excluding hydrogens is 252 g/mol. The van der Waals surface area contributed by atoms with Crippen LogP contribution in [0, 0.1) is 0 Å². The Hall–Kier alpha value is -2.10. The van der Waals surface area contributed by atoms with Gasteiger partial charge in [0.15, 0.2) is 0 Å². The van der Waals surface area contributed by atoms with Crippen LogP contribution in [-0.4, -0.2) is 9.55 Å². The van der Waals surface area contributed by atoms with Gasteiger partial charge in [0.05, 0.1) is 6.20 Å². The molecule has 1 aliphatic heterocycles. The van der Waals surface area contributed by atoms with Crippen LogP contribution >= 0.6 is 0 Å². The predicted octanol–water partition coefficient (Wildman–Crippen LogP) is 2.50. The maximum atomic E-state index is 12.4. The maximum Gasteiger partial charge on any atom is 0.295 e. The Morgan fingerprint density at radius 3 is 2.80 bits per heavy atom. The van der Waals surface area contributed by atoms with Crippen LogP contribution in [0.25, 0.3) is 0 Å². The number of hydrogen-bond donors (Lipinski definition) is 0. The van der Waals surface area contributed by atoms with Gasteiger partial charge in [-0.05, 0) is 12.0 Å². The third-order valence-electron chi connectivity index (χ3n) is 3.82. The number of ether oxygens (including phenoxy) is 1. The van der Waals surface area contributed by atoms with Gasteiger partial charge in [-0.3, -0.25) is 9.36 Å². The number of hydrogen-bond acceptors (Lipinski definition) is 3. The van der Waals surface area contributed by atoms with Gasteiger partial charge in [0.2, 0.25) is 5.75 Å². The molecule has 0 bridgehead atoms. The highest BCUT2D eigenvalue weighted by atomic mass is 16.5. The van der Waals surface area contributed by atoms with E-state index < -0.39 is 0 Å². The fraction of sp³-hybridized carbons (Fsp3) is 0.375. The molecule has 20 heavy (non-hydrogen) atoms. The summed E-state index contributed by atoms with van der Waals surface area (Å²) in [6, 6.07) is 9.81. The second-order valence-corrected chi connectivity index (χ2v) is 5.81. The summed E-state index contributed by atoms with van der Waals surface area (Å²) >= 11 is 0. The third kappa shape index (κ3) is 2.22. The summed E-state index contributed by atoms with van der Waals surface area (Å²) in [5.41, 5.74) is 0.936. The van der Waals surface area contributed by atoms with Gasteiger partial charge in [-0.15, -0.1) is 0 Å². The number of fused-ring (bicyclic) bond motifs is 1. The number of rotatable bonds is 3. The van der Waals surface area contributed by atoms with Crippen molar-refractivity contribution >= 4 is 0 Å². The van der Waals surface area contributed by atoms with Gasteiger partial charge in [-0.25, -0.2) is 4.98 Å². The normalized spacial score (nSPS) is 15.9. The lowest BCUT2D eigenvalue weighted by Gasteiger charge is -2.16. The van der Waals surface area contributed by atoms with Gasteiger partial charge in [-0.2, -0.15) is 0 Å². The molecular formula is C16H18N2O2. The molecule has 0 atom stereocenters. The first-order chi connectivity index (χ1) is 9.58. The monoisotopic (exact) mass is 270 g/mol. The van der Waals surface area contributed by atoms with E-state index in [-0.39, 0.29) is 11.0 Å². The third-order valence-corrected chi connectivity index (χ3v) is 3.82. The Morgan fingerprint density at radius 2 is 2.05 bits per heavy atom. The molecule has 0 spiro atoms. The lowest BCUT2D eigenvalue weighted by Crippen LogP contribution is -2.25. The molecule has 1 aromatic carbocycles. The van der Waals surface area contributed by atoms with Crippen molar-refractivity contribution in [3.63, 3.8) is 0 Å². The van der Waals surface area contributed by atoms with Crippen LogP contribution in [0.4, 0.5) is 0 Å². The Labute approximate surface area is 118 Å². The van der Waals surface area contributed by atoms with Crippen LogP contribution in [0.15, 0.2) is 41.3 Å². The second-order valence-electron chi connectivity index (χ2n) is 5.81. The quantitative estimate of drug-likeness (QED) is 0.860. The lowest BCUT2D eigenvalue weighted by atomic mass is 9.91. The van der Waals surface area contributed by atoms with Crippen molar-refractivity contribution < 1.29 is 4.74 Å². The van der Waals surface area contributed by atoms with Crippen LogP contribution < -0.4 is 10.3 Å². The van der Waals surface area contributed by atoms with Gasteiger partial charge in [0, 0.05) is 12.0 Å². The average Bonchev–Trinajstić information content (AvgIpc) is 2.76.